The number of carboxylic acids is 1. The van der Waals surface area contributed by atoms with Crippen molar-refractivity contribution < 1.29 is 38.0 Å². The Kier molecular flexibility index (Phi) is 12.5. The minimum absolute atomic E-state index is 0.151. The largest absolute Gasteiger partial charge is 0.492 e. The Morgan fingerprint density at radius 1 is 0.900 bits per heavy atom. The molecule has 40 heavy (non-hydrogen) atoms. The van der Waals surface area contributed by atoms with Crippen LogP contribution in [0.2, 0.25) is 10.0 Å². The first kappa shape index (κ1) is 31.2. The Bertz CT molecular complexity index is 1220. The number of carboxylic acid groups (broad SMARTS) is 1. The molecule has 0 aliphatic rings. The van der Waals surface area contributed by atoms with E-state index in [1.807, 2.05) is 0 Å². The number of hydrogen-bond acceptors (Lipinski definition) is 6. The molecular weight excluding hydrogens is 564 g/mol. The predicted molar refractivity (Wildman–Crippen MR) is 149 cm³/mol. The number of aliphatic carboxylic acids is 1. The van der Waals surface area contributed by atoms with E-state index >= 15 is 0 Å². The fourth-order valence-corrected chi connectivity index (χ4v) is 4.22. The number of nitrogens with zero attached hydrogens (tertiary/aromatic N) is 1. The average molecular weight is 594 g/mol. The molecule has 1 unspecified atom stereocenters. The highest BCUT2D eigenvalue weighted by Crippen LogP contribution is 2.20. The third-order valence-electron chi connectivity index (χ3n) is 5.59. The molecule has 1 N–H and O–H groups in total. The molecule has 0 spiro atoms. The summed E-state index contributed by atoms with van der Waals surface area (Å²) in [6, 6.07) is 17.2. The molecule has 1 amide bonds. The number of rotatable bonds is 15. The van der Waals surface area contributed by atoms with Gasteiger partial charge < -0.3 is 29.0 Å². The quantitative estimate of drug-likeness (QED) is 0.208. The van der Waals surface area contributed by atoms with E-state index in [1.165, 1.54) is 29.2 Å². The van der Waals surface area contributed by atoms with Crippen LogP contribution in [0.5, 0.6) is 11.5 Å². The Balaban J connectivity index is 1.55. The van der Waals surface area contributed by atoms with E-state index in [2.05, 4.69) is 0 Å². The van der Waals surface area contributed by atoms with E-state index < -0.39 is 24.0 Å². The van der Waals surface area contributed by atoms with Gasteiger partial charge in [0, 0.05) is 29.6 Å². The molecule has 0 bridgehead atoms. The summed E-state index contributed by atoms with van der Waals surface area (Å²) in [6.45, 7) is 3.02. The van der Waals surface area contributed by atoms with Crippen molar-refractivity contribution in [2.24, 2.45) is 0 Å². The molecule has 0 aromatic heterocycles. The van der Waals surface area contributed by atoms with Gasteiger partial charge in [-0.3, -0.25) is 0 Å². The molecule has 8 nitrogen and oxygen atoms in total. The number of carbonyl (C=O) groups excluding carboxylic acids is 1. The second-order valence-electron chi connectivity index (χ2n) is 8.62. The van der Waals surface area contributed by atoms with Gasteiger partial charge in [0.15, 0.2) is 6.10 Å². The first-order chi connectivity index (χ1) is 19.2. The van der Waals surface area contributed by atoms with Crippen molar-refractivity contribution in [1.82, 2.24) is 4.90 Å². The maximum Gasteiger partial charge on any atom is 0.415 e. The second kappa shape index (κ2) is 16.0. The molecule has 3 rings (SSSR count). The third-order valence-corrected chi connectivity index (χ3v) is 6.03. The molecule has 0 heterocycles. The van der Waals surface area contributed by atoms with E-state index in [9.17, 15) is 19.1 Å². The van der Waals surface area contributed by atoms with Crippen molar-refractivity contribution in [3.05, 3.63) is 93.7 Å². The number of ether oxygens (including phenoxy) is 4. The summed E-state index contributed by atoms with van der Waals surface area (Å²) in [7, 11) is 0. The van der Waals surface area contributed by atoms with Crippen molar-refractivity contribution in [3.8, 4) is 11.5 Å². The molecule has 1 atom stereocenters. The van der Waals surface area contributed by atoms with Gasteiger partial charge in [0.05, 0.1) is 19.8 Å². The van der Waals surface area contributed by atoms with Gasteiger partial charge >= 0.3 is 12.1 Å². The highest BCUT2D eigenvalue weighted by molar-refractivity contribution is 6.34. The summed E-state index contributed by atoms with van der Waals surface area (Å²) in [5.74, 6) is -0.709. The SMILES string of the molecule is CCOC(Cc1ccc(OCCN(CCOCc2cc(Cl)cc(Cl)c2)C(=O)Oc2ccc(F)cc2)cc1)C(=O)O. The standard InChI is InChI=1S/C29H30Cl2FNO7/c1-2-38-27(28(34)35)17-20-3-7-25(8-4-20)39-14-12-33(29(36)40-26-9-5-24(32)6-10-26)11-13-37-19-21-15-22(30)18-23(31)16-21/h3-10,15-16,18,27H,2,11-14,17,19H2,1H3,(H,34,35). The van der Waals surface area contributed by atoms with Crippen molar-refractivity contribution in [1.29, 1.82) is 0 Å². The fourth-order valence-electron chi connectivity index (χ4n) is 3.65. The Labute approximate surface area is 242 Å². The zero-order chi connectivity index (χ0) is 28.9. The fraction of sp³-hybridized carbons (Fsp3) is 0.310. The third kappa shape index (κ3) is 10.7. The van der Waals surface area contributed by atoms with Crippen LogP contribution in [-0.4, -0.2) is 61.1 Å². The van der Waals surface area contributed by atoms with Crippen LogP contribution in [0.25, 0.3) is 0 Å². The maximum atomic E-state index is 13.2. The highest BCUT2D eigenvalue weighted by atomic mass is 35.5. The van der Waals surface area contributed by atoms with Crippen LogP contribution in [0.15, 0.2) is 66.7 Å². The zero-order valence-corrected chi connectivity index (χ0v) is 23.4. The molecule has 0 aliphatic heterocycles. The Morgan fingerprint density at radius 3 is 2.15 bits per heavy atom. The van der Waals surface area contributed by atoms with Gasteiger partial charge in [-0.1, -0.05) is 35.3 Å². The Hall–Kier alpha value is -3.37. The summed E-state index contributed by atoms with van der Waals surface area (Å²) in [5.41, 5.74) is 1.58. The maximum absolute atomic E-state index is 13.2. The van der Waals surface area contributed by atoms with E-state index in [4.69, 9.17) is 42.1 Å². The molecular formula is C29H30Cl2FNO7. The second-order valence-corrected chi connectivity index (χ2v) is 9.49. The molecule has 0 fully saturated rings. The molecule has 0 radical (unpaired) electrons. The van der Waals surface area contributed by atoms with Gasteiger partial charge in [-0.05, 0) is 72.6 Å². The zero-order valence-electron chi connectivity index (χ0n) is 21.9. The van der Waals surface area contributed by atoms with Crippen molar-refractivity contribution in [3.63, 3.8) is 0 Å². The van der Waals surface area contributed by atoms with Gasteiger partial charge in [0.25, 0.3) is 0 Å². The van der Waals surface area contributed by atoms with Crippen molar-refractivity contribution in [2.75, 3.05) is 32.9 Å². The summed E-state index contributed by atoms with van der Waals surface area (Å²) < 4.78 is 35.4. The van der Waals surface area contributed by atoms with Crippen molar-refractivity contribution in [2.45, 2.75) is 26.1 Å². The minimum atomic E-state index is -1.02. The van der Waals surface area contributed by atoms with Gasteiger partial charge in [0.1, 0.15) is 23.9 Å². The molecule has 3 aromatic carbocycles. The van der Waals surface area contributed by atoms with E-state index in [0.717, 1.165) is 11.1 Å². The number of carbonyl (C=O) groups is 2. The Morgan fingerprint density at radius 2 is 1.52 bits per heavy atom. The van der Waals surface area contributed by atoms with Crippen LogP contribution in [0.4, 0.5) is 9.18 Å². The monoisotopic (exact) mass is 593 g/mol. The summed E-state index contributed by atoms with van der Waals surface area (Å²) in [6.07, 6.45) is -1.33. The van der Waals surface area contributed by atoms with Crippen LogP contribution < -0.4 is 9.47 Å². The topological polar surface area (TPSA) is 94.5 Å². The van der Waals surface area contributed by atoms with Gasteiger partial charge in [-0.25, -0.2) is 14.0 Å². The smallest absolute Gasteiger partial charge is 0.415 e. The normalized spacial score (nSPS) is 11.6. The van der Waals surface area contributed by atoms with Crippen LogP contribution >= 0.6 is 23.2 Å². The van der Waals surface area contributed by atoms with Crippen LogP contribution in [0.1, 0.15) is 18.1 Å². The summed E-state index contributed by atoms with van der Waals surface area (Å²) in [4.78, 5) is 25.6. The lowest BCUT2D eigenvalue weighted by atomic mass is 10.1. The van der Waals surface area contributed by atoms with Gasteiger partial charge in [0.2, 0.25) is 0 Å². The van der Waals surface area contributed by atoms with Gasteiger partial charge in [-0.2, -0.15) is 0 Å². The average Bonchev–Trinajstić information content (AvgIpc) is 2.91. The number of amides is 1. The lowest BCUT2D eigenvalue weighted by molar-refractivity contribution is -0.149. The molecule has 0 aliphatic carbocycles. The lowest BCUT2D eigenvalue weighted by Gasteiger charge is -2.22. The first-order valence-electron chi connectivity index (χ1n) is 12.5. The van der Waals surface area contributed by atoms with E-state index in [0.29, 0.717) is 22.4 Å². The lowest BCUT2D eigenvalue weighted by Crippen LogP contribution is -2.39. The molecule has 0 saturated heterocycles. The molecule has 11 heteroatoms. The number of halogens is 3. The van der Waals surface area contributed by atoms with Crippen LogP contribution in [0.3, 0.4) is 0 Å². The van der Waals surface area contributed by atoms with Crippen molar-refractivity contribution >= 4 is 35.3 Å². The molecule has 3 aromatic rings. The minimum Gasteiger partial charge on any atom is -0.492 e. The summed E-state index contributed by atoms with van der Waals surface area (Å²) >= 11 is 12.1. The number of hydrogen-bond donors (Lipinski definition) is 1. The summed E-state index contributed by atoms with van der Waals surface area (Å²) in [5, 5.41) is 10.3. The van der Waals surface area contributed by atoms with Gasteiger partial charge in [-0.15, -0.1) is 0 Å². The van der Waals surface area contributed by atoms with E-state index in [-0.39, 0.29) is 45.1 Å². The highest BCUT2D eigenvalue weighted by Gasteiger charge is 2.19. The predicted octanol–water partition coefficient (Wildman–Crippen LogP) is 6.26. The molecule has 214 valence electrons. The van der Waals surface area contributed by atoms with Crippen LogP contribution in [0, 0.1) is 5.82 Å². The first-order valence-corrected chi connectivity index (χ1v) is 13.3. The van der Waals surface area contributed by atoms with Crippen LogP contribution in [-0.2, 0) is 27.3 Å². The molecule has 0 saturated carbocycles. The van der Waals surface area contributed by atoms with E-state index in [1.54, 1.807) is 49.4 Å². The number of benzene rings is 3.